The fraction of sp³-hybridized carbons (Fsp3) is 0.143. The molecule has 0 saturated carbocycles. The lowest BCUT2D eigenvalue weighted by molar-refractivity contribution is -0.136. The molecule has 0 radical (unpaired) electrons. The van der Waals surface area contributed by atoms with Crippen LogP contribution in [0.3, 0.4) is 0 Å². The van der Waals surface area contributed by atoms with E-state index >= 15 is 0 Å². The Bertz CT molecular complexity index is 433. The van der Waals surface area contributed by atoms with Crippen molar-refractivity contribution in [3.05, 3.63) is 18.0 Å². The molecule has 0 aliphatic heterocycles. The van der Waals surface area contributed by atoms with Gasteiger partial charge in [0.2, 0.25) is 0 Å². The lowest BCUT2D eigenvalue weighted by atomic mass is 10.2. The summed E-state index contributed by atoms with van der Waals surface area (Å²) in [4.78, 5) is 10.4. The third-order valence-corrected chi connectivity index (χ3v) is 1.56. The Labute approximate surface area is 77.3 Å². The summed E-state index contributed by atoms with van der Waals surface area (Å²) in [6.45, 7) is 0. The molecule has 72 valence electrons. The first kappa shape index (κ1) is 8.42. The van der Waals surface area contributed by atoms with Crippen molar-refractivity contribution >= 4 is 5.97 Å². The number of carboxylic acid groups (broad SMARTS) is 1. The van der Waals surface area contributed by atoms with Crippen molar-refractivity contribution in [2.45, 2.75) is 6.42 Å². The summed E-state index contributed by atoms with van der Waals surface area (Å²) in [5.74, 6) is -1.01. The fourth-order valence-electron chi connectivity index (χ4n) is 0.995. The number of carbonyl (C=O) groups is 1. The first-order valence-corrected chi connectivity index (χ1v) is 3.71. The van der Waals surface area contributed by atoms with Crippen LogP contribution in [-0.4, -0.2) is 26.5 Å². The molecular weight excluding hydrogens is 190 g/mol. The number of aromatic nitrogens is 3. The third kappa shape index (κ3) is 1.47. The van der Waals surface area contributed by atoms with Crippen molar-refractivity contribution in [1.29, 1.82) is 0 Å². The van der Waals surface area contributed by atoms with Crippen LogP contribution in [0, 0.1) is 0 Å². The minimum Gasteiger partial charge on any atom is -0.481 e. The first-order chi connectivity index (χ1) is 6.77. The molecule has 0 amide bonds. The molecule has 7 heteroatoms. The Morgan fingerprint density at radius 1 is 1.43 bits per heavy atom. The summed E-state index contributed by atoms with van der Waals surface area (Å²) in [6, 6.07) is 1.55. The summed E-state index contributed by atoms with van der Waals surface area (Å²) >= 11 is 0. The Kier molecular flexibility index (Phi) is 1.98. The van der Waals surface area contributed by atoms with E-state index in [9.17, 15) is 4.79 Å². The molecule has 2 aromatic heterocycles. The van der Waals surface area contributed by atoms with Gasteiger partial charge in [0, 0.05) is 6.07 Å². The van der Waals surface area contributed by atoms with E-state index in [1.165, 1.54) is 6.26 Å². The predicted molar refractivity (Wildman–Crippen MR) is 41.1 cm³/mol. The van der Waals surface area contributed by atoms with Crippen molar-refractivity contribution < 1.29 is 19.1 Å². The van der Waals surface area contributed by atoms with Crippen molar-refractivity contribution in [2.75, 3.05) is 0 Å². The molecule has 14 heavy (non-hydrogen) atoms. The van der Waals surface area contributed by atoms with E-state index in [1.54, 1.807) is 6.07 Å². The maximum atomic E-state index is 10.4. The van der Waals surface area contributed by atoms with Crippen LogP contribution in [-0.2, 0) is 11.2 Å². The van der Waals surface area contributed by atoms with E-state index in [4.69, 9.17) is 5.11 Å². The second-order valence-electron chi connectivity index (χ2n) is 2.51. The first-order valence-electron chi connectivity index (χ1n) is 3.71. The van der Waals surface area contributed by atoms with Crippen molar-refractivity contribution in [2.24, 2.45) is 0 Å². The number of hydrogen-bond acceptors (Lipinski definition) is 6. The second kappa shape index (κ2) is 3.29. The standard InChI is InChI=1S/C7H5N3O4/c11-6(12)3-5-7(10-14-9-5)4-1-2-13-8-4/h1-2H,3H2,(H,11,12). The van der Waals surface area contributed by atoms with E-state index in [0.29, 0.717) is 11.4 Å². The van der Waals surface area contributed by atoms with Crippen LogP contribution in [0.15, 0.2) is 21.5 Å². The third-order valence-electron chi connectivity index (χ3n) is 1.56. The van der Waals surface area contributed by atoms with Crippen LogP contribution in [0.25, 0.3) is 11.4 Å². The largest absolute Gasteiger partial charge is 0.481 e. The topological polar surface area (TPSA) is 102 Å². The average molecular weight is 195 g/mol. The summed E-state index contributed by atoms with van der Waals surface area (Å²) in [6.07, 6.45) is 1.10. The van der Waals surface area contributed by atoms with Gasteiger partial charge in [0.15, 0.2) is 5.69 Å². The van der Waals surface area contributed by atoms with E-state index < -0.39 is 5.97 Å². The lowest BCUT2D eigenvalue weighted by Crippen LogP contribution is -2.01. The van der Waals surface area contributed by atoms with Crippen LogP contribution < -0.4 is 0 Å². The molecule has 0 fully saturated rings. The normalized spacial score (nSPS) is 10.3. The van der Waals surface area contributed by atoms with Crippen LogP contribution in [0.4, 0.5) is 0 Å². The second-order valence-corrected chi connectivity index (χ2v) is 2.51. The van der Waals surface area contributed by atoms with E-state index in [0.717, 1.165) is 0 Å². The molecule has 2 heterocycles. The molecule has 2 aromatic rings. The van der Waals surface area contributed by atoms with Gasteiger partial charge in [-0.05, 0) is 5.16 Å². The fourth-order valence-corrected chi connectivity index (χ4v) is 0.995. The van der Waals surface area contributed by atoms with Crippen LogP contribution in [0.2, 0.25) is 0 Å². The highest BCUT2D eigenvalue weighted by Gasteiger charge is 2.16. The molecule has 0 aromatic carbocycles. The number of hydrogen-bond donors (Lipinski definition) is 1. The molecule has 0 aliphatic carbocycles. The van der Waals surface area contributed by atoms with Gasteiger partial charge in [-0.2, -0.15) is 0 Å². The molecule has 0 saturated heterocycles. The van der Waals surface area contributed by atoms with Gasteiger partial charge in [0.25, 0.3) is 0 Å². The quantitative estimate of drug-likeness (QED) is 0.753. The number of nitrogens with zero attached hydrogens (tertiary/aromatic N) is 3. The zero-order valence-corrected chi connectivity index (χ0v) is 6.88. The average Bonchev–Trinajstić information content (AvgIpc) is 2.70. The predicted octanol–water partition coefficient (Wildman–Crippen LogP) is 0.352. The molecule has 2 rings (SSSR count). The molecule has 1 N–H and O–H groups in total. The Balaban J connectivity index is 2.35. The van der Waals surface area contributed by atoms with E-state index in [1.807, 2.05) is 0 Å². The van der Waals surface area contributed by atoms with Gasteiger partial charge >= 0.3 is 5.97 Å². The molecule has 0 spiro atoms. The summed E-state index contributed by atoms with van der Waals surface area (Å²) in [5.41, 5.74) is 0.926. The minimum absolute atomic E-state index is 0.228. The summed E-state index contributed by atoms with van der Waals surface area (Å²) in [7, 11) is 0. The maximum Gasteiger partial charge on any atom is 0.309 e. The highest BCUT2D eigenvalue weighted by atomic mass is 16.6. The highest BCUT2D eigenvalue weighted by molar-refractivity contribution is 5.72. The Morgan fingerprint density at radius 2 is 2.29 bits per heavy atom. The van der Waals surface area contributed by atoms with E-state index in [-0.39, 0.29) is 12.1 Å². The zero-order chi connectivity index (χ0) is 9.97. The molecule has 0 unspecified atom stereocenters. The Morgan fingerprint density at radius 3 is 2.93 bits per heavy atom. The van der Waals surface area contributed by atoms with Gasteiger partial charge in [-0.25, -0.2) is 4.63 Å². The monoisotopic (exact) mass is 195 g/mol. The SMILES string of the molecule is O=C(O)Cc1nonc1-c1ccon1. The molecule has 0 aliphatic rings. The highest BCUT2D eigenvalue weighted by Crippen LogP contribution is 2.18. The molecule has 7 nitrogen and oxygen atoms in total. The number of rotatable bonds is 3. The zero-order valence-electron chi connectivity index (χ0n) is 6.88. The van der Waals surface area contributed by atoms with Crippen LogP contribution >= 0.6 is 0 Å². The number of carboxylic acids is 1. The van der Waals surface area contributed by atoms with Crippen molar-refractivity contribution in [1.82, 2.24) is 15.5 Å². The van der Waals surface area contributed by atoms with Gasteiger partial charge in [0.05, 0.1) is 6.42 Å². The van der Waals surface area contributed by atoms with Crippen LogP contribution in [0.1, 0.15) is 5.69 Å². The van der Waals surface area contributed by atoms with Crippen molar-refractivity contribution in [3.8, 4) is 11.4 Å². The minimum atomic E-state index is -1.01. The number of aliphatic carboxylic acids is 1. The molecular formula is C7H5N3O4. The summed E-state index contributed by atoms with van der Waals surface area (Å²) in [5, 5.41) is 19.2. The smallest absolute Gasteiger partial charge is 0.309 e. The molecule has 0 bridgehead atoms. The van der Waals surface area contributed by atoms with Gasteiger partial charge < -0.3 is 9.63 Å². The van der Waals surface area contributed by atoms with Gasteiger partial charge in [0.1, 0.15) is 17.7 Å². The molecule has 0 atom stereocenters. The van der Waals surface area contributed by atoms with Crippen LogP contribution in [0.5, 0.6) is 0 Å². The Hall–Kier alpha value is -2.18. The van der Waals surface area contributed by atoms with Gasteiger partial charge in [-0.1, -0.05) is 10.3 Å². The van der Waals surface area contributed by atoms with Gasteiger partial charge in [-0.15, -0.1) is 0 Å². The van der Waals surface area contributed by atoms with E-state index in [2.05, 4.69) is 24.6 Å². The van der Waals surface area contributed by atoms with Crippen molar-refractivity contribution in [3.63, 3.8) is 0 Å². The maximum absolute atomic E-state index is 10.4. The lowest BCUT2D eigenvalue weighted by Gasteiger charge is -1.89. The summed E-state index contributed by atoms with van der Waals surface area (Å²) < 4.78 is 9.02. The van der Waals surface area contributed by atoms with Gasteiger partial charge in [-0.3, -0.25) is 4.79 Å².